The molecule has 5 rings (SSSR count). The summed E-state index contributed by atoms with van der Waals surface area (Å²) in [6.07, 6.45) is 1.07. The number of benzene rings is 2. The SMILES string of the molecule is Cc1ccc(C(=O)Nc2ccc(CNC3CC3)c(C(F)(F)F)c2)cc1-n1cc(C2C=NN(C)C2C)nn1. The second-order valence-corrected chi connectivity index (χ2v) is 9.67. The molecule has 2 heterocycles. The zero-order valence-electron chi connectivity index (χ0n) is 20.8. The van der Waals surface area contributed by atoms with Crippen LogP contribution in [-0.2, 0) is 12.7 Å². The van der Waals surface area contributed by atoms with E-state index in [2.05, 4.69) is 26.0 Å². The van der Waals surface area contributed by atoms with Crippen molar-refractivity contribution in [3.63, 3.8) is 0 Å². The van der Waals surface area contributed by atoms with Crippen molar-refractivity contribution in [2.75, 3.05) is 12.4 Å². The Bertz CT molecular complexity index is 1350. The fraction of sp³-hybridized carbons (Fsp3) is 0.385. The molecule has 1 fully saturated rings. The number of halogens is 3. The Labute approximate surface area is 212 Å². The molecule has 0 bridgehead atoms. The summed E-state index contributed by atoms with van der Waals surface area (Å²) < 4.78 is 42.7. The number of hydrazone groups is 1. The second-order valence-electron chi connectivity index (χ2n) is 9.67. The first-order chi connectivity index (χ1) is 17.6. The summed E-state index contributed by atoms with van der Waals surface area (Å²) in [7, 11) is 1.90. The molecule has 8 nitrogen and oxygen atoms in total. The molecule has 0 spiro atoms. The van der Waals surface area contributed by atoms with E-state index in [1.165, 1.54) is 12.1 Å². The second kappa shape index (κ2) is 9.62. The number of rotatable bonds is 7. The Morgan fingerprint density at radius 1 is 1.16 bits per heavy atom. The van der Waals surface area contributed by atoms with Crippen LogP contribution in [0, 0.1) is 6.92 Å². The van der Waals surface area contributed by atoms with E-state index in [0.717, 1.165) is 30.2 Å². The van der Waals surface area contributed by atoms with E-state index in [0.29, 0.717) is 11.3 Å². The van der Waals surface area contributed by atoms with Gasteiger partial charge in [-0.15, -0.1) is 5.10 Å². The van der Waals surface area contributed by atoms with Crippen LogP contribution in [-0.4, -0.2) is 51.3 Å². The van der Waals surface area contributed by atoms with Crippen molar-refractivity contribution >= 4 is 17.8 Å². The van der Waals surface area contributed by atoms with E-state index in [4.69, 9.17) is 0 Å². The van der Waals surface area contributed by atoms with Gasteiger partial charge in [0.05, 0.1) is 35.1 Å². The number of hydrogen-bond donors (Lipinski definition) is 2. The van der Waals surface area contributed by atoms with E-state index in [1.807, 2.05) is 32.1 Å². The normalized spacial score (nSPS) is 19.5. The van der Waals surface area contributed by atoms with Gasteiger partial charge in [-0.25, -0.2) is 4.68 Å². The lowest BCUT2D eigenvalue weighted by Gasteiger charge is -2.17. The van der Waals surface area contributed by atoms with E-state index in [9.17, 15) is 18.0 Å². The predicted molar refractivity (Wildman–Crippen MR) is 134 cm³/mol. The first-order valence-corrected chi connectivity index (χ1v) is 12.1. The van der Waals surface area contributed by atoms with Gasteiger partial charge in [-0.05, 0) is 62.1 Å². The largest absolute Gasteiger partial charge is 0.416 e. The molecular formula is C26H28F3N7O. The Morgan fingerprint density at radius 2 is 1.95 bits per heavy atom. The van der Waals surface area contributed by atoms with Crippen LogP contribution in [0.1, 0.15) is 58.4 Å². The molecule has 37 heavy (non-hydrogen) atoms. The quantitative estimate of drug-likeness (QED) is 0.488. The summed E-state index contributed by atoms with van der Waals surface area (Å²) in [6, 6.07) is 9.38. The highest BCUT2D eigenvalue weighted by molar-refractivity contribution is 6.04. The number of carbonyl (C=O) groups is 1. The van der Waals surface area contributed by atoms with Gasteiger partial charge in [-0.2, -0.15) is 18.3 Å². The molecule has 2 atom stereocenters. The highest BCUT2D eigenvalue weighted by Crippen LogP contribution is 2.34. The van der Waals surface area contributed by atoms with Gasteiger partial charge in [0.25, 0.3) is 5.91 Å². The zero-order valence-corrected chi connectivity index (χ0v) is 20.8. The van der Waals surface area contributed by atoms with Gasteiger partial charge in [0.15, 0.2) is 0 Å². The molecule has 1 amide bonds. The maximum atomic E-state index is 13.7. The minimum Gasteiger partial charge on any atom is -0.322 e. The molecule has 2 N–H and O–H groups in total. The molecular weight excluding hydrogens is 483 g/mol. The molecule has 2 unspecified atom stereocenters. The summed E-state index contributed by atoms with van der Waals surface area (Å²) in [5, 5.41) is 20.4. The fourth-order valence-electron chi connectivity index (χ4n) is 4.32. The van der Waals surface area contributed by atoms with Gasteiger partial charge >= 0.3 is 6.18 Å². The van der Waals surface area contributed by atoms with Gasteiger partial charge in [-0.3, -0.25) is 9.80 Å². The van der Waals surface area contributed by atoms with Gasteiger partial charge in [0.1, 0.15) is 0 Å². The summed E-state index contributed by atoms with van der Waals surface area (Å²) in [4.78, 5) is 13.0. The van der Waals surface area contributed by atoms with Gasteiger partial charge in [0, 0.05) is 37.1 Å². The van der Waals surface area contributed by atoms with E-state index >= 15 is 0 Å². The molecule has 2 aliphatic rings. The molecule has 0 saturated heterocycles. The van der Waals surface area contributed by atoms with Crippen LogP contribution in [0.25, 0.3) is 5.69 Å². The third-order valence-corrected chi connectivity index (χ3v) is 6.92. The number of aryl methyl sites for hydroxylation is 1. The number of carbonyl (C=O) groups excluding carboxylic acids is 1. The molecule has 194 valence electrons. The summed E-state index contributed by atoms with van der Waals surface area (Å²) in [6.45, 7) is 4.07. The number of likely N-dealkylation sites (N-methyl/N-ethyl adjacent to an activating group) is 1. The van der Waals surface area contributed by atoms with Crippen LogP contribution in [0.4, 0.5) is 18.9 Å². The topological polar surface area (TPSA) is 87.4 Å². The van der Waals surface area contributed by atoms with Crippen molar-refractivity contribution in [1.29, 1.82) is 0 Å². The third kappa shape index (κ3) is 5.36. The monoisotopic (exact) mass is 511 g/mol. The van der Waals surface area contributed by atoms with Gasteiger partial charge in [0.2, 0.25) is 0 Å². The molecule has 1 aliphatic heterocycles. The highest BCUT2D eigenvalue weighted by atomic mass is 19.4. The molecule has 11 heteroatoms. The Balaban J connectivity index is 1.35. The van der Waals surface area contributed by atoms with Crippen LogP contribution in [0.2, 0.25) is 0 Å². The fourth-order valence-corrected chi connectivity index (χ4v) is 4.32. The van der Waals surface area contributed by atoms with Gasteiger partial charge < -0.3 is 10.6 Å². The number of aromatic nitrogens is 3. The number of alkyl halides is 3. The van der Waals surface area contributed by atoms with Crippen molar-refractivity contribution in [3.05, 3.63) is 70.5 Å². The number of nitrogens with zero attached hydrogens (tertiary/aromatic N) is 5. The zero-order chi connectivity index (χ0) is 26.3. The van der Waals surface area contributed by atoms with Gasteiger partial charge in [-0.1, -0.05) is 17.3 Å². The Kier molecular flexibility index (Phi) is 6.49. The average molecular weight is 512 g/mol. The first kappa shape index (κ1) is 24.9. The van der Waals surface area contributed by atoms with Crippen LogP contribution in [0.3, 0.4) is 0 Å². The van der Waals surface area contributed by atoms with Crippen LogP contribution >= 0.6 is 0 Å². The number of hydrogen-bond acceptors (Lipinski definition) is 6. The Hall–Kier alpha value is -3.73. The van der Waals surface area contributed by atoms with E-state index < -0.39 is 17.6 Å². The molecule has 2 aromatic carbocycles. The summed E-state index contributed by atoms with van der Waals surface area (Å²) in [5.74, 6) is -0.521. The molecule has 1 aliphatic carbocycles. The first-order valence-electron chi connectivity index (χ1n) is 12.1. The molecule has 0 radical (unpaired) electrons. The minimum absolute atomic E-state index is 0.00388. The maximum Gasteiger partial charge on any atom is 0.416 e. The highest BCUT2D eigenvalue weighted by Gasteiger charge is 2.34. The molecule has 3 aromatic rings. The predicted octanol–water partition coefficient (Wildman–Crippen LogP) is 4.50. The lowest BCUT2D eigenvalue weighted by atomic mass is 10.0. The van der Waals surface area contributed by atoms with Crippen molar-refractivity contribution in [2.24, 2.45) is 5.10 Å². The molecule has 1 saturated carbocycles. The van der Waals surface area contributed by atoms with Crippen molar-refractivity contribution in [1.82, 2.24) is 25.3 Å². The third-order valence-electron chi connectivity index (χ3n) is 6.92. The van der Waals surface area contributed by atoms with Crippen molar-refractivity contribution in [3.8, 4) is 5.69 Å². The maximum absolute atomic E-state index is 13.7. The van der Waals surface area contributed by atoms with Crippen LogP contribution < -0.4 is 10.6 Å². The lowest BCUT2D eigenvalue weighted by Crippen LogP contribution is -2.24. The number of amides is 1. The van der Waals surface area contributed by atoms with Crippen LogP contribution in [0.15, 0.2) is 47.7 Å². The van der Waals surface area contributed by atoms with Crippen LogP contribution in [0.5, 0.6) is 0 Å². The number of anilines is 1. The minimum atomic E-state index is -4.53. The standard InChI is InChI=1S/C26H28F3N7O/c1-15-4-5-17(10-24(15)36-14-23(33-34-36)21-13-31-35(3)16(21)2)25(37)32-20-7-6-18(12-30-19-8-9-19)22(11-20)26(27,28)29/h4-7,10-11,13-14,16,19,21,30H,8-9,12H2,1-3H3,(H,32,37). The Morgan fingerprint density at radius 3 is 2.62 bits per heavy atom. The smallest absolute Gasteiger partial charge is 0.322 e. The molecule has 1 aromatic heterocycles. The lowest BCUT2D eigenvalue weighted by molar-refractivity contribution is -0.138. The average Bonchev–Trinajstić information content (AvgIpc) is 3.46. The van der Waals surface area contributed by atoms with E-state index in [-0.39, 0.29) is 35.8 Å². The van der Waals surface area contributed by atoms with Crippen molar-refractivity contribution < 1.29 is 18.0 Å². The summed E-state index contributed by atoms with van der Waals surface area (Å²) >= 11 is 0. The van der Waals surface area contributed by atoms with Crippen molar-refractivity contribution in [2.45, 2.75) is 57.4 Å². The summed E-state index contributed by atoms with van der Waals surface area (Å²) in [5.41, 5.74) is 2.05. The number of nitrogens with one attached hydrogen (secondary N) is 2. The van der Waals surface area contributed by atoms with E-state index in [1.54, 1.807) is 29.1 Å².